The third-order valence-corrected chi connectivity index (χ3v) is 7.19. The molecular formula is C31H49NO8. The topological polar surface area (TPSA) is 131 Å². The van der Waals surface area contributed by atoms with Gasteiger partial charge in [-0.15, -0.1) is 0 Å². The van der Waals surface area contributed by atoms with Gasteiger partial charge in [0, 0.05) is 19.3 Å². The molecule has 0 spiro atoms. The summed E-state index contributed by atoms with van der Waals surface area (Å²) in [6.07, 6.45) is 0.325. The second kappa shape index (κ2) is 15.7. The Balaban J connectivity index is 3.30. The monoisotopic (exact) mass is 563 g/mol. The number of ether oxygens (including phenoxy) is 4. The molecule has 0 aliphatic carbocycles. The second-order valence-corrected chi connectivity index (χ2v) is 12.0. The van der Waals surface area contributed by atoms with Crippen LogP contribution in [0.2, 0.25) is 0 Å². The first-order valence-corrected chi connectivity index (χ1v) is 14.1. The van der Waals surface area contributed by atoms with Crippen LogP contribution in [0.3, 0.4) is 0 Å². The van der Waals surface area contributed by atoms with Gasteiger partial charge in [-0.05, 0) is 48.8 Å². The fraction of sp³-hybridized carbons (Fsp3) is 0.677. The summed E-state index contributed by atoms with van der Waals surface area (Å²) in [5.74, 6) is -2.15. The first kappa shape index (κ1) is 35.1. The van der Waals surface area contributed by atoms with E-state index >= 15 is 0 Å². The fourth-order valence-corrected chi connectivity index (χ4v) is 3.81. The van der Waals surface area contributed by atoms with E-state index in [1.54, 1.807) is 26.8 Å². The molecule has 9 nitrogen and oxygen atoms in total. The maximum Gasteiger partial charge on any atom is 0.326 e. The molecule has 0 saturated carbocycles. The third-order valence-electron chi connectivity index (χ3n) is 7.19. The van der Waals surface area contributed by atoms with Gasteiger partial charge in [0.2, 0.25) is 0 Å². The normalized spacial score (nSPS) is 15.2. The Morgan fingerprint density at radius 2 is 1.35 bits per heavy atom. The van der Waals surface area contributed by atoms with Crippen molar-refractivity contribution in [3.05, 3.63) is 23.8 Å². The zero-order valence-electron chi connectivity index (χ0n) is 25.9. The van der Waals surface area contributed by atoms with E-state index in [0.717, 1.165) is 0 Å². The molecule has 9 heteroatoms. The fourth-order valence-electron chi connectivity index (χ4n) is 3.81. The van der Waals surface area contributed by atoms with Gasteiger partial charge in [-0.25, -0.2) is 0 Å². The Labute approximate surface area is 239 Å². The van der Waals surface area contributed by atoms with E-state index in [1.807, 2.05) is 41.5 Å². The minimum Gasteiger partial charge on any atom is -0.468 e. The highest BCUT2D eigenvalue weighted by molar-refractivity contribution is 5.81. The Kier molecular flexibility index (Phi) is 13.8. The third kappa shape index (κ3) is 10.9. The molecule has 0 aromatic heterocycles. The largest absolute Gasteiger partial charge is 0.468 e. The zero-order valence-corrected chi connectivity index (χ0v) is 25.9. The van der Waals surface area contributed by atoms with Gasteiger partial charge < -0.3 is 24.7 Å². The quantitative estimate of drug-likeness (QED) is 0.224. The van der Waals surface area contributed by atoms with E-state index in [1.165, 1.54) is 19.2 Å². The lowest BCUT2D eigenvalue weighted by Crippen LogP contribution is -2.53. The highest BCUT2D eigenvalue weighted by atomic mass is 16.6. The highest BCUT2D eigenvalue weighted by Crippen LogP contribution is 2.33. The molecule has 1 rings (SSSR count). The van der Waals surface area contributed by atoms with E-state index in [9.17, 15) is 19.2 Å². The molecule has 4 atom stereocenters. The molecule has 2 N–H and O–H groups in total. The molecule has 40 heavy (non-hydrogen) atoms. The molecule has 0 saturated heterocycles. The van der Waals surface area contributed by atoms with Gasteiger partial charge in [0.25, 0.3) is 0 Å². The molecule has 0 fully saturated rings. The Hall–Kier alpha value is -2.94. The van der Waals surface area contributed by atoms with Crippen LogP contribution in [0.4, 0.5) is 0 Å². The summed E-state index contributed by atoms with van der Waals surface area (Å²) in [6, 6.07) is 4.71. The first-order chi connectivity index (χ1) is 18.5. The van der Waals surface area contributed by atoms with Crippen molar-refractivity contribution in [3.8, 4) is 11.5 Å². The summed E-state index contributed by atoms with van der Waals surface area (Å²) in [5, 5.41) is 0. The predicted molar refractivity (Wildman–Crippen MR) is 153 cm³/mol. The average Bonchev–Trinajstić information content (AvgIpc) is 2.86. The number of hydrogen-bond acceptors (Lipinski definition) is 9. The molecule has 3 unspecified atom stereocenters. The minimum atomic E-state index is -1.54. The molecule has 1 aromatic rings. The van der Waals surface area contributed by atoms with Gasteiger partial charge >= 0.3 is 23.9 Å². The minimum absolute atomic E-state index is 0.00549. The van der Waals surface area contributed by atoms with Crippen LogP contribution in [0.5, 0.6) is 11.5 Å². The summed E-state index contributed by atoms with van der Waals surface area (Å²) in [6.45, 7) is 16.9. The number of hydrogen-bond donors (Lipinski definition) is 1. The van der Waals surface area contributed by atoms with Gasteiger partial charge in [-0.1, -0.05) is 61.5 Å². The molecule has 0 bridgehead atoms. The molecule has 1 aromatic carbocycles. The summed E-state index contributed by atoms with van der Waals surface area (Å²) in [4.78, 5) is 50.6. The van der Waals surface area contributed by atoms with Gasteiger partial charge in [-0.2, -0.15) is 0 Å². The average molecular weight is 564 g/mol. The number of rotatable bonds is 15. The summed E-state index contributed by atoms with van der Waals surface area (Å²) >= 11 is 0. The van der Waals surface area contributed by atoms with Gasteiger partial charge in [0.1, 0.15) is 11.6 Å². The van der Waals surface area contributed by atoms with Crippen molar-refractivity contribution < 1.29 is 38.1 Å². The Morgan fingerprint density at radius 1 is 0.825 bits per heavy atom. The standard InChI is InChI=1S/C31H49NO8/c1-18(2)11-14-27(33)38-21(7)16-31(32,30(36)37-10)17-24-12-13-25(39-28(34)22(8)19(3)4)26(15-24)40-29(35)23(9)20(5)6/h12-13,15,18-23H,11,14,16-17,32H2,1-10H3/t21-,22?,23?,31?/m0/s1. The Morgan fingerprint density at radius 3 is 1.82 bits per heavy atom. The van der Waals surface area contributed by atoms with Crippen LogP contribution in [0.1, 0.15) is 87.1 Å². The number of nitrogens with two attached hydrogens (primary N) is 1. The summed E-state index contributed by atoms with van der Waals surface area (Å²) < 4.78 is 21.8. The van der Waals surface area contributed by atoms with Crippen molar-refractivity contribution in [1.82, 2.24) is 0 Å². The van der Waals surface area contributed by atoms with Crippen LogP contribution in [0, 0.1) is 29.6 Å². The van der Waals surface area contributed by atoms with Crippen LogP contribution in [-0.2, 0) is 35.1 Å². The van der Waals surface area contributed by atoms with Crippen molar-refractivity contribution in [1.29, 1.82) is 0 Å². The van der Waals surface area contributed by atoms with Crippen molar-refractivity contribution in [2.45, 2.75) is 99.6 Å². The van der Waals surface area contributed by atoms with E-state index in [2.05, 4.69) is 0 Å². The lowest BCUT2D eigenvalue weighted by Gasteiger charge is -2.29. The summed E-state index contributed by atoms with van der Waals surface area (Å²) in [7, 11) is 1.24. The number of carbonyl (C=O) groups excluding carboxylic acids is 4. The molecule has 0 radical (unpaired) electrons. The second-order valence-electron chi connectivity index (χ2n) is 12.0. The first-order valence-electron chi connectivity index (χ1n) is 14.1. The molecule has 0 heterocycles. The van der Waals surface area contributed by atoms with Gasteiger partial charge in [0.15, 0.2) is 11.5 Å². The molecule has 0 amide bonds. The highest BCUT2D eigenvalue weighted by Gasteiger charge is 2.38. The van der Waals surface area contributed by atoms with Crippen molar-refractivity contribution in [2.24, 2.45) is 35.3 Å². The molecule has 226 valence electrons. The van der Waals surface area contributed by atoms with Crippen LogP contribution in [0.15, 0.2) is 18.2 Å². The van der Waals surface area contributed by atoms with Crippen LogP contribution >= 0.6 is 0 Å². The van der Waals surface area contributed by atoms with Crippen molar-refractivity contribution in [2.75, 3.05) is 7.11 Å². The zero-order chi connectivity index (χ0) is 30.8. The number of esters is 4. The van der Waals surface area contributed by atoms with E-state index in [-0.39, 0.29) is 54.5 Å². The van der Waals surface area contributed by atoms with Crippen molar-refractivity contribution >= 4 is 23.9 Å². The van der Waals surface area contributed by atoms with Gasteiger partial charge in [0.05, 0.1) is 18.9 Å². The van der Waals surface area contributed by atoms with Crippen LogP contribution in [0.25, 0.3) is 0 Å². The SMILES string of the molecule is COC(=O)C(N)(Cc1ccc(OC(=O)C(C)C(C)C)c(OC(=O)C(C)C(C)C)c1)C[C@H](C)OC(=O)CCC(C)C. The molecule has 0 aliphatic rings. The number of benzene rings is 1. The van der Waals surface area contributed by atoms with Crippen LogP contribution < -0.4 is 15.2 Å². The van der Waals surface area contributed by atoms with Crippen LogP contribution in [-0.4, -0.2) is 42.6 Å². The predicted octanol–water partition coefficient (Wildman–Crippen LogP) is 5.25. The summed E-state index contributed by atoms with van der Waals surface area (Å²) in [5.41, 5.74) is 5.56. The number of methoxy groups -OCH3 is 1. The van der Waals surface area contributed by atoms with Crippen molar-refractivity contribution in [3.63, 3.8) is 0 Å². The lowest BCUT2D eigenvalue weighted by molar-refractivity contribution is -0.155. The maximum atomic E-state index is 12.8. The smallest absolute Gasteiger partial charge is 0.326 e. The van der Waals surface area contributed by atoms with E-state index in [4.69, 9.17) is 24.7 Å². The Bertz CT molecular complexity index is 1020. The van der Waals surface area contributed by atoms with Gasteiger partial charge in [-0.3, -0.25) is 19.2 Å². The van der Waals surface area contributed by atoms with E-state index < -0.39 is 35.5 Å². The molecule has 0 aliphatic heterocycles. The van der Waals surface area contributed by atoms with E-state index in [0.29, 0.717) is 17.9 Å². The maximum absolute atomic E-state index is 12.8. The number of carbonyl (C=O) groups is 4. The lowest BCUT2D eigenvalue weighted by atomic mass is 9.86. The molecular weight excluding hydrogens is 514 g/mol.